The molecule has 25 heavy (non-hydrogen) atoms. The van der Waals surface area contributed by atoms with E-state index >= 15 is 0 Å². The lowest BCUT2D eigenvalue weighted by atomic mass is 10.0. The van der Waals surface area contributed by atoms with Crippen molar-refractivity contribution in [2.24, 2.45) is 0 Å². The summed E-state index contributed by atoms with van der Waals surface area (Å²) in [5.74, 6) is 0. The summed E-state index contributed by atoms with van der Waals surface area (Å²) in [5, 5.41) is 10.5. The minimum atomic E-state index is -4.64. The first-order valence-corrected chi connectivity index (χ1v) is 8.48. The van der Waals surface area contributed by atoms with E-state index < -0.39 is 18.3 Å². The van der Waals surface area contributed by atoms with Gasteiger partial charge in [-0.2, -0.15) is 13.2 Å². The van der Waals surface area contributed by atoms with Crippen LogP contribution in [0.4, 0.5) is 18.9 Å². The summed E-state index contributed by atoms with van der Waals surface area (Å²) < 4.78 is 38.8. The second-order valence-corrected chi connectivity index (χ2v) is 6.53. The Morgan fingerprint density at radius 3 is 2.80 bits per heavy atom. The number of rotatable bonds is 4. The second-order valence-electron chi connectivity index (χ2n) is 6.53. The summed E-state index contributed by atoms with van der Waals surface area (Å²) in [5.41, 5.74) is 2.01. The minimum Gasteiger partial charge on any atom is -0.382 e. The van der Waals surface area contributed by atoms with Crippen molar-refractivity contribution >= 4 is 16.6 Å². The highest BCUT2D eigenvalue weighted by Crippen LogP contribution is 2.35. The Bertz CT molecular complexity index is 816. The largest absolute Gasteiger partial charge is 0.416 e. The van der Waals surface area contributed by atoms with E-state index in [1.165, 1.54) is 0 Å². The normalized spacial score (nSPS) is 19.6. The second kappa shape index (κ2) is 6.71. The molecule has 2 N–H and O–H groups in total. The number of halogens is 3. The van der Waals surface area contributed by atoms with Crippen LogP contribution in [0.1, 0.15) is 31.7 Å². The quantitative estimate of drug-likeness (QED) is 0.885. The highest BCUT2D eigenvalue weighted by molar-refractivity contribution is 5.85. The number of alkyl halides is 3. The van der Waals surface area contributed by atoms with E-state index in [0.29, 0.717) is 30.6 Å². The van der Waals surface area contributed by atoms with Gasteiger partial charge in [0.2, 0.25) is 5.56 Å². The van der Waals surface area contributed by atoms with E-state index in [4.69, 9.17) is 0 Å². The van der Waals surface area contributed by atoms with Gasteiger partial charge >= 0.3 is 6.18 Å². The molecule has 0 amide bonds. The van der Waals surface area contributed by atoms with Gasteiger partial charge in [0.05, 0.1) is 6.04 Å². The van der Waals surface area contributed by atoms with Gasteiger partial charge in [-0.25, -0.2) is 0 Å². The van der Waals surface area contributed by atoms with Crippen LogP contribution in [0.3, 0.4) is 0 Å². The van der Waals surface area contributed by atoms with Crippen molar-refractivity contribution in [2.75, 3.05) is 11.4 Å². The van der Waals surface area contributed by atoms with E-state index in [1.807, 2.05) is 13.0 Å². The number of H-pyrrole nitrogens is 1. The number of pyridine rings is 1. The number of fused-ring (bicyclic) bond motifs is 1. The number of nitrogens with one attached hydrogen (secondary N) is 1. The number of nitrogens with zero attached hydrogens (tertiary/aromatic N) is 1. The standard InChI is InChI=1S/C18H21F3N2O2/c1-2-4-11-9-16(24)22-14-7-6-12(10-13(11)14)23-8-3-5-15(23)17(25)18(19,20)21/h6-7,9-10,15,17,25H,2-5,8H2,1H3,(H,22,24). The molecule has 1 aliphatic rings. The average Bonchev–Trinajstić information content (AvgIpc) is 3.02. The van der Waals surface area contributed by atoms with Gasteiger partial charge in [-0.05, 0) is 43.0 Å². The number of aromatic amines is 1. The predicted molar refractivity (Wildman–Crippen MR) is 91.0 cm³/mol. The maximum Gasteiger partial charge on any atom is 0.416 e. The lowest BCUT2D eigenvalue weighted by Gasteiger charge is -2.31. The van der Waals surface area contributed by atoms with Crippen LogP contribution in [-0.2, 0) is 6.42 Å². The first kappa shape index (κ1) is 17.8. The Morgan fingerprint density at radius 2 is 2.12 bits per heavy atom. The van der Waals surface area contributed by atoms with Crippen molar-refractivity contribution in [3.05, 3.63) is 40.2 Å². The Labute approximate surface area is 143 Å². The molecule has 0 aliphatic carbocycles. The van der Waals surface area contributed by atoms with Crippen molar-refractivity contribution < 1.29 is 18.3 Å². The first-order valence-electron chi connectivity index (χ1n) is 8.48. The van der Waals surface area contributed by atoms with Crippen LogP contribution in [0.15, 0.2) is 29.1 Å². The summed E-state index contributed by atoms with van der Waals surface area (Å²) in [6.07, 6.45) is -4.52. The Balaban J connectivity index is 2.02. The maximum atomic E-state index is 12.9. The number of aromatic nitrogens is 1. The molecule has 136 valence electrons. The van der Waals surface area contributed by atoms with Gasteiger partial charge in [-0.15, -0.1) is 0 Å². The Hall–Kier alpha value is -2.02. The molecular weight excluding hydrogens is 333 g/mol. The summed E-state index contributed by atoms with van der Waals surface area (Å²) in [6, 6.07) is 5.81. The lowest BCUT2D eigenvalue weighted by molar-refractivity contribution is -0.209. The van der Waals surface area contributed by atoms with Gasteiger partial charge in [0.25, 0.3) is 0 Å². The fraction of sp³-hybridized carbons (Fsp3) is 0.500. The highest BCUT2D eigenvalue weighted by Gasteiger charge is 2.47. The van der Waals surface area contributed by atoms with Crippen molar-refractivity contribution in [3.63, 3.8) is 0 Å². The molecule has 2 atom stereocenters. The van der Waals surface area contributed by atoms with Gasteiger partial charge in [0.15, 0.2) is 6.10 Å². The zero-order valence-corrected chi connectivity index (χ0v) is 13.9. The zero-order chi connectivity index (χ0) is 18.2. The minimum absolute atomic E-state index is 0.185. The van der Waals surface area contributed by atoms with Crippen molar-refractivity contribution in [2.45, 2.75) is 50.9 Å². The molecular formula is C18H21F3N2O2. The molecule has 2 unspecified atom stereocenters. The average molecular weight is 354 g/mol. The fourth-order valence-electron chi connectivity index (χ4n) is 3.63. The van der Waals surface area contributed by atoms with Crippen LogP contribution >= 0.6 is 0 Å². The fourth-order valence-corrected chi connectivity index (χ4v) is 3.63. The number of benzene rings is 1. The molecule has 1 aliphatic heterocycles. The van der Waals surface area contributed by atoms with E-state index in [1.54, 1.807) is 23.1 Å². The molecule has 0 bridgehead atoms. The smallest absolute Gasteiger partial charge is 0.382 e. The van der Waals surface area contributed by atoms with Crippen molar-refractivity contribution in [3.8, 4) is 0 Å². The predicted octanol–water partition coefficient (Wildman–Crippen LogP) is 3.37. The maximum absolute atomic E-state index is 12.9. The van der Waals surface area contributed by atoms with E-state index in [0.717, 1.165) is 23.8 Å². The van der Waals surface area contributed by atoms with Gasteiger partial charge in [0.1, 0.15) is 0 Å². The molecule has 2 aromatic rings. The number of aryl methyl sites for hydroxylation is 1. The van der Waals surface area contributed by atoms with Crippen LogP contribution in [0, 0.1) is 0 Å². The number of aliphatic hydroxyl groups is 1. The van der Waals surface area contributed by atoms with Gasteiger partial charge < -0.3 is 15.0 Å². The molecule has 0 spiro atoms. The third kappa shape index (κ3) is 3.51. The number of anilines is 1. The number of hydrogen-bond donors (Lipinski definition) is 2. The number of aliphatic hydroxyl groups excluding tert-OH is 1. The van der Waals surface area contributed by atoms with Gasteiger partial charge in [0, 0.05) is 29.2 Å². The molecule has 3 rings (SSSR count). The third-order valence-electron chi connectivity index (χ3n) is 4.76. The summed E-state index contributed by atoms with van der Waals surface area (Å²) in [7, 11) is 0. The lowest BCUT2D eigenvalue weighted by Crippen LogP contribution is -2.47. The molecule has 7 heteroatoms. The monoisotopic (exact) mass is 354 g/mol. The number of hydrogen-bond acceptors (Lipinski definition) is 3. The van der Waals surface area contributed by atoms with Crippen LogP contribution in [-0.4, -0.2) is 35.0 Å². The summed E-state index contributed by atoms with van der Waals surface area (Å²) in [4.78, 5) is 16.1. The molecule has 4 nitrogen and oxygen atoms in total. The van der Waals surface area contributed by atoms with Crippen LogP contribution < -0.4 is 10.5 Å². The zero-order valence-electron chi connectivity index (χ0n) is 13.9. The Kier molecular flexibility index (Phi) is 4.77. The third-order valence-corrected chi connectivity index (χ3v) is 4.76. The van der Waals surface area contributed by atoms with Crippen LogP contribution in [0.25, 0.3) is 10.9 Å². The molecule has 1 aromatic heterocycles. The summed E-state index contributed by atoms with van der Waals surface area (Å²) in [6.45, 7) is 2.48. The molecule has 0 radical (unpaired) electrons. The topological polar surface area (TPSA) is 56.3 Å². The molecule has 2 heterocycles. The molecule has 1 saturated heterocycles. The van der Waals surface area contributed by atoms with E-state index in [9.17, 15) is 23.1 Å². The summed E-state index contributed by atoms with van der Waals surface area (Å²) >= 11 is 0. The highest BCUT2D eigenvalue weighted by atomic mass is 19.4. The van der Waals surface area contributed by atoms with Crippen LogP contribution in [0.5, 0.6) is 0 Å². The van der Waals surface area contributed by atoms with E-state index in [-0.39, 0.29) is 5.56 Å². The van der Waals surface area contributed by atoms with Crippen LogP contribution in [0.2, 0.25) is 0 Å². The molecule has 1 aromatic carbocycles. The SMILES string of the molecule is CCCc1cc(=O)[nH]c2ccc(N3CCCC3C(O)C(F)(F)F)cc12. The molecule has 1 fully saturated rings. The van der Waals surface area contributed by atoms with Gasteiger partial charge in [-0.3, -0.25) is 4.79 Å². The van der Waals surface area contributed by atoms with Gasteiger partial charge in [-0.1, -0.05) is 13.3 Å². The van der Waals surface area contributed by atoms with Crippen molar-refractivity contribution in [1.82, 2.24) is 4.98 Å². The van der Waals surface area contributed by atoms with Crippen molar-refractivity contribution in [1.29, 1.82) is 0 Å². The van der Waals surface area contributed by atoms with E-state index in [2.05, 4.69) is 4.98 Å². The first-order chi connectivity index (χ1) is 11.8. The Morgan fingerprint density at radius 1 is 1.36 bits per heavy atom. The molecule has 0 saturated carbocycles.